The number of rotatable bonds is 2. The number of anilines is 1. The zero-order valence-electron chi connectivity index (χ0n) is 8.10. The predicted octanol–water partition coefficient (Wildman–Crippen LogP) is 2.10. The second-order valence-corrected chi connectivity index (χ2v) is 3.82. The summed E-state index contributed by atoms with van der Waals surface area (Å²) >= 11 is 1.33. The molecule has 0 atom stereocenters. The van der Waals surface area contributed by atoms with Crippen LogP contribution in [0, 0.1) is 6.92 Å². The first-order chi connectivity index (χ1) is 7.25. The normalized spacial score (nSPS) is 9.93. The molecule has 76 valence electrons. The lowest BCUT2D eigenvalue weighted by Crippen LogP contribution is -2.12. The second kappa shape index (κ2) is 4.18. The molecule has 0 saturated carbocycles. The molecule has 0 saturated heterocycles. The Morgan fingerprint density at radius 3 is 2.93 bits per heavy atom. The molecule has 0 fully saturated rings. The van der Waals surface area contributed by atoms with Crippen molar-refractivity contribution in [2.24, 2.45) is 0 Å². The molecule has 0 unspecified atom stereocenters. The van der Waals surface area contributed by atoms with Crippen molar-refractivity contribution in [3.05, 3.63) is 40.5 Å². The summed E-state index contributed by atoms with van der Waals surface area (Å²) in [5.41, 5.74) is 0.853. The van der Waals surface area contributed by atoms with Gasteiger partial charge in [-0.15, -0.1) is 11.3 Å². The van der Waals surface area contributed by atoms with E-state index in [0.29, 0.717) is 10.8 Å². The van der Waals surface area contributed by atoms with E-state index < -0.39 is 0 Å². The number of aryl methyl sites for hydroxylation is 1. The third-order valence-electron chi connectivity index (χ3n) is 1.72. The fourth-order valence-electron chi connectivity index (χ4n) is 1.06. The minimum Gasteiger partial charge on any atom is -0.304 e. The number of hydrogen-bond donors (Lipinski definition) is 1. The largest absolute Gasteiger partial charge is 0.304 e. The molecule has 0 aliphatic heterocycles. The molecule has 2 aromatic heterocycles. The van der Waals surface area contributed by atoms with Crippen LogP contribution in [0.4, 0.5) is 5.82 Å². The van der Waals surface area contributed by atoms with Crippen LogP contribution in [0.5, 0.6) is 0 Å². The smallest absolute Gasteiger partial charge is 0.285 e. The van der Waals surface area contributed by atoms with Crippen LogP contribution in [0.2, 0.25) is 0 Å². The Labute approximate surface area is 91.0 Å². The molecule has 5 heteroatoms. The van der Waals surface area contributed by atoms with Gasteiger partial charge in [-0.2, -0.15) is 0 Å². The van der Waals surface area contributed by atoms with E-state index in [-0.39, 0.29) is 5.91 Å². The SMILES string of the molecule is Cc1csc(C(=O)Nc2ccccn2)n1. The molecule has 2 rings (SSSR count). The lowest BCUT2D eigenvalue weighted by Gasteiger charge is -1.99. The quantitative estimate of drug-likeness (QED) is 0.841. The fraction of sp³-hybridized carbons (Fsp3) is 0.100. The van der Waals surface area contributed by atoms with E-state index in [1.54, 1.807) is 18.3 Å². The lowest BCUT2D eigenvalue weighted by molar-refractivity contribution is 0.102. The molecule has 15 heavy (non-hydrogen) atoms. The summed E-state index contributed by atoms with van der Waals surface area (Å²) in [4.78, 5) is 19.7. The second-order valence-electron chi connectivity index (χ2n) is 2.96. The van der Waals surface area contributed by atoms with Crippen LogP contribution >= 0.6 is 11.3 Å². The molecule has 0 spiro atoms. The molecule has 0 bridgehead atoms. The van der Waals surface area contributed by atoms with Crippen LogP contribution < -0.4 is 5.32 Å². The maximum atomic E-state index is 11.6. The third-order valence-corrected chi connectivity index (χ3v) is 2.68. The van der Waals surface area contributed by atoms with E-state index in [4.69, 9.17) is 0 Å². The zero-order chi connectivity index (χ0) is 10.7. The molecule has 1 amide bonds. The Hall–Kier alpha value is -1.75. The van der Waals surface area contributed by atoms with Gasteiger partial charge in [-0.3, -0.25) is 4.79 Å². The monoisotopic (exact) mass is 219 g/mol. The highest BCUT2D eigenvalue weighted by Crippen LogP contribution is 2.10. The molecule has 4 nitrogen and oxygen atoms in total. The van der Waals surface area contributed by atoms with E-state index in [2.05, 4.69) is 15.3 Å². The number of carbonyl (C=O) groups is 1. The topological polar surface area (TPSA) is 54.9 Å². The van der Waals surface area contributed by atoms with E-state index in [1.807, 2.05) is 18.4 Å². The van der Waals surface area contributed by atoms with Crippen molar-refractivity contribution in [2.45, 2.75) is 6.92 Å². The van der Waals surface area contributed by atoms with Crippen molar-refractivity contribution in [1.82, 2.24) is 9.97 Å². The molecule has 2 heterocycles. The number of pyridine rings is 1. The predicted molar refractivity (Wildman–Crippen MR) is 59.0 cm³/mol. The zero-order valence-corrected chi connectivity index (χ0v) is 8.91. The van der Waals surface area contributed by atoms with Crippen molar-refractivity contribution in [3.63, 3.8) is 0 Å². The van der Waals surface area contributed by atoms with Gasteiger partial charge in [0, 0.05) is 17.3 Å². The van der Waals surface area contributed by atoms with Gasteiger partial charge < -0.3 is 5.32 Å². The van der Waals surface area contributed by atoms with Crippen molar-refractivity contribution in [1.29, 1.82) is 0 Å². The van der Waals surface area contributed by atoms with E-state index in [9.17, 15) is 4.79 Å². The summed E-state index contributed by atoms with van der Waals surface area (Å²) in [7, 11) is 0. The highest BCUT2D eigenvalue weighted by atomic mass is 32.1. The summed E-state index contributed by atoms with van der Waals surface area (Å²) in [6, 6.07) is 5.34. The van der Waals surface area contributed by atoms with Gasteiger partial charge >= 0.3 is 0 Å². The first-order valence-corrected chi connectivity index (χ1v) is 5.28. The molecule has 2 aromatic rings. The number of hydrogen-bond acceptors (Lipinski definition) is 4. The number of nitrogens with one attached hydrogen (secondary N) is 1. The van der Waals surface area contributed by atoms with Crippen LogP contribution in [0.15, 0.2) is 29.8 Å². The molecule has 0 radical (unpaired) electrons. The number of nitrogens with zero attached hydrogens (tertiary/aromatic N) is 2. The lowest BCUT2D eigenvalue weighted by atomic mass is 10.4. The molecule has 1 N–H and O–H groups in total. The van der Waals surface area contributed by atoms with Gasteiger partial charge in [0.2, 0.25) is 0 Å². The van der Waals surface area contributed by atoms with Gasteiger partial charge in [-0.25, -0.2) is 9.97 Å². The van der Waals surface area contributed by atoms with Crippen LogP contribution in [-0.2, 0) is 0 Å². The third kappa shape index (κ3) is 2.38. The number of aromatic nitrogens is 2. The minimum absolute atomic E-state index is 0.216. The van der Waals surface area contributed by atoms with E-state index >= 15 is 0 Å². The van der Waals surface area contributed by atoms with Crippen LogP contribution in [0.1, 0.15) is 15.5 Å². The molecule has 0 aliphatic carbocycles. The molecule has 0 aliphatic rings. The van der Waals surface area contributed by atoms with Crippen molar-refractivity contribution in [2.75, 3.05) is 5.32 Å². The Morgan fingerprint density at radius 2 is 2.33 bits per heavy atom. The van der Waals surface area contributed by atoms with Gasteiger partial charge in [-0.1, -0.05) is 6.07 Å². The van der Waals surface area contributed by atoms with Crippen molar-refractivity contribution < 1.29 is 4.79 Å². The Balaban J connectivity index is 2.11. The maximum absolute atomic E-state index is 11.6. The summed E-state index contributed by atoms with van der Waals surface area (Å²) in [6.45, 7) is 1.86. The first-order valence-electron chi connectivity index (χ1n) is 4.40. The highest BCUT2D eigenvalue weighted by Gasteiger charge is 2.09. The van der Waals surface area contributed by atoms with Crippen LogP contribution in [0.25, 0.3) is 0 Å². The summed E-state index contributed by atoms with van der Waals surface area (Å²) < 4.78 is 0. The van der Waals surface area contributed by atoms with Crippen LogP contribution in [-0.4, -0.2) is 15.9 Å². The van der Waals surface area contributed by atoms with Gasteiger partial charge in [0.05, 0.1) is 0 Å². The number of thiazole rings is 1. The van der Waals surface area contributed by atoms with Gasteiger partial charge in [-0.05, 0) is 19.1 Å². The van der Waals surface area contributed by atoms with E-state index in [0.717, 1.165) is 5.69 Å². The fourth-order valence-corrected chi connectivity index (χ4v) is 1.75. The Bertz CT molecular complexity index is 467. The number of carbonyl (C=O) groups excluding carboxylic acids is 1. The van der Waals surface area contributed by atoms with Gasteiger partial charge in [0.1, 0.15) is 5.82 Å². The summed E-state index contributed by atoms with van der Waals surface area (Å²) in [6.07, 6.45) is 1.63. The summed E-state index contributed by atoms with van der Waals surface area (Å²) in [5.74, 6) is 0.321. The van der Waals surface area contributed by atoms with Crippen molar-refractivity contribution in [3.8, 4) is 0 Å². The number of amides is 1. The van der Waals surface area contributed by atoms with E-state index in [1.165, 1.54) is 11.3 Å². The maximum Gasteiger partial charge on any atom is 0.285 e. The molecular weight excluding hydrogens is 210 g/mol. The Kier molecular flexibility index (Phi) is 2.73. The molecular formula is C10H9N3OS. The average Bonchev–Trinajstić information content (AvgIpc) is 2.66. The van der Waals surface area contributed by atoms with Gasteiger partial charge in [0.15, 0.2) is 5.01 Å². The summed E-state index contributed by atoms with van der Waals surface area (Å²) in [5, 5.41) is 4.97. The molecule has 0 aromatic carbocycles. The minimum atomic E-state index is -0.216. The highest BCUT2D eigenvalue weighted by molar-refractivity contribution is 7.11. The first kappa shape index (κ1) is 9.79. The van der Waals surface area contributed by atoms with Crippen molar-refractivity contribution >= 4 is 23.1 Å². The standard InChI is InChI=1S/C10H9N3OS/c1-7-6-15-10(12-7)9(14)13-8-4-2-3-5-11-8/h2-6H,1H3,(H,11,13,14). The van der Waals surface area contributed by atoms with Crippen LogP contribution in [0.3, 0.4) is 0 Å². The Morgan fingerprint density at radius 1 is 1.47 bits per heavy atom. The van der Waals surface area contributed by atoms with Gasteiger partial charge in [0.25, 0.3) is 5.91 Å². The average molecular weight is 219 g/mol.